The van der Waals surface area contributed by atoms with Crippen molar-refractivity contribution < 1.29 is 9.82 Å². The summed E-state index contributed by atoms with van der Waals surface area (Å²) in [7, 11) is 1.24. The average Bonchev–Trinajstić information content (AvgIpc) is 2.78. The summed E-state index contributed by atoms with van der Waals surface area (Å²) < 4.78 is 0. The second kappa shape index (κ2) is 9.86. The molecule has 6 nitrogen and oxygen atoms in total. The second-order valence-corrected chi connectivity index (χ2v) is 3.58. The van der Waals surface area contributed by atoms with Gasteiger partial charge in [0, 0.05) is 12.4 Å². The number of anilines is 1. The molecular formula is C10H21BN4O2. The summed E-state index contributed by atoms with van der Waals surface area (Å²) >= 11 is 0. The van der Waals surface area contributed by atoms with Gasteiger partial charge in [-0.2, -0.15) is 0 Å². The number of H-pyrrole nitrogens is 1. The van der Waals surface area contributed by atoms with Gasteiger partial charge in [-0.05, 0) is 20.3 Å². The summed E-state index contributed by atoms with van der Waals surface area (Å²) in [6.07, 6.45) is 6.25. The quantitative estimate of drug-likeness (QED) is 0.429. The first-order chi connectivity index (χ1) is 8.13. The third kappa shape index (κ3) is 8.47. The number of nitrogens with zero attached hydrogens (tertiary/aromatic N) is 1. The Kier molecular flexibility index (Phi) is 9.09. The number of imidazole rings is 1. The van der Waals surface area contributed by atoms with Crippen LogP contribution in [0.15, 0.2) is 12.4 Å². The third-order valence-electron chi connectivity index (χ3n) is 1.98. The molecule has 0 aliphatic rings. The lowest BCUT2D eigenvalue weighted by molar-refractivity contribution is -0.109. The predicted molar refractivity (Wildman–Crippen MR) is 69.9 cm³/mol. The first-order valence-corrected chi connectivity index (χ1v) is 5.70. The Hall–Kier alpha value is -1.34. The fourth-order valence-electron chi connectivity index (χ4n) is 1.13. The van der Waals surface area contributed by atoms with Crippen LogP contribution >= 0.6 is 0 Å². The maximum Gasteiger partial charge on any atom is 0.409 e. The minimum absolute atomic E-state index is 0.0694. The van der Waals surface area contributed by atoms with Gasteiger partial charge >= 0.3 is 7.05 Å². The van der Waals surface area contributed by atoms with E-state index in [4.69, 9.17) is 5.02 Å². The van der Waals surface area contributed by atoms with Crippen molar-refractivity contribution in [3.63, 3.8) is 0 Å². The predicted octanol–water partition coefficient (Wildman–Crippen LogP) is 0.505. The normalized spacial score (nSPS) is 11.1. The summed E-state index contributed by atoms with van der Waals surface area (Å²) in [5.74, 6) is 0.588. The van der Waals surface area contributed by atoms with Crippen molar-refractivity contribution in [2.24, 2.45) is 0 Å². The van der Waals surface area contributed by atoms with E-state index in [1.54, 1.807) is 26.3 Å². The number of hydrogen-bond acceptors (Lipinski definition) is 5. The number of aromatic amines is 1. The molecule has 0 spiro atoms. The van der Waals surface area contributed by atoms with Gasteiger partial charge in [-0.15, -0.1) is 0 Å². The molecule has 1 aromatic rings. The summed E-state index contributed by atoms with van der Waals surface area (Å²) in [5, 5.41) is 14.3. The van der Waals surface area contributed by atoms with E-state index >= 15 is 0 Å². The van der Waals surface area contributed by atoms with E-state index in [1.807, 2.05) is 0 Å². The van der Waals surface area contributed by atoms with E-state index in [0.29, 0.717) is 5.95 Å². The SMILES string of the molecule is CB(O)Nc1ncc[nH]1.CCCC(C=O)NC. The first kappa shape index (κ1) is 15.7. The highest BCUT2D eigenvalue weighted by Gasteiger charge is 2.02. The van der Waals surface area contributed by atoms with E-state index in [2.05, 4.69) is 27.4 Å². The van der Waals surface area contributed by atoms with Gasteiger partial charge in [-0.1, -0.05) is 13.3 Å². The largest absolute Gasteiger partial charge is 0.433 e. The summed E-state index contributed by atoms with van der Waals surface area (Å²) in [4.78, 5) is 16.7. The van der Waals surface area contributed by atoms with Gasteiger partial charge in [-0.3, -0.25) is 0 Å². The molecule has 7 heteroatoms. The highest BCUT2D eigenvalue weighted by molar-refractivity contribution is 6.52. The van der Waals surface area contributed by atoms with E-state index in [-0.39, 0.29) is 6.04 Å². The zero-order valence-electron chi connectivity index (χ0n) is 10.6. The highest BCUT2D eigenvalue weighted by atomic mass is 16.2. The summed E-state index contributed by atoms with van der Waals surface area (Å²) in [5.41, 5.74) is 0. The van der Waals surface area contributed by atoms with Crippen molar-refractivity contribution in [2.75, 3.05) is 12.3 Å². The van der Waals surface area contributed by atoms with E-state index in [0.717, 1.165) is 19.1 Å². The second-order valence-electron chi connectivity index (χ2n) is 3.58. The lowest BCUT2D eigenvalue weighted by Gasteiger charge is -2.03. The van der Waals surface area contributed by atoms with Crippen LogP contribution in [0.25, 0.3) is 0 Å². The van der Waals surface area contributed by atoms with Crippen LogP contribution in [0.5, 0.6) is 0 Å². The van der Waals surface area contributed by atoms with Gasteiger partial charge < -0.3 is 25.3 Å². The topological polar surface area (TPSA) is 90.0 Å². The number of aromatic nitrogens is 2. The van der Waals surface area contributed by atoms with Crippen LogP contribution < -0.4 is 10.5 Å². The number of likely N-dealkylation sites (N-methyl/N-ethyl adjacent to an activating group) is 1. The molecule has 17 heavy (non-hydrogen) atoms. The van der Waals surface area contributed by atoms with Gasteiger partial charge in [0.2, 0.25) is 0 Å². The summed E-state index contributed by atoms with van der Waals surface area (Å²) in [6.45, 7) is 3.69. The molecule has 0 saturated heterocycles. The maximum atomic E-state index is 10.1. The van der Waals surface area contributed by atoms with Crippen LogP contribution in [-0.4, -0.2) is 41.4 Å². The number of hydrogen-bond donors (Lipinski definition) is 4. The van der Waals surface area contributed by atoms with Crippen LogP contribution in [0.1, 0.15) is 19.8 Å². The van der Waals surface area contributed by atoms with Gasteiger partial charge in [0.15, 0.2) is 5.95 Å². The Balaban J connectivity index is 0.000000304. The lowest BCUT2D eigenvalue weighted by atomic mass is 9.89. The zero-order valence-corrected chi connectivity index (χ0v) is 10.6. The molecular weight excluding hydrogens is 219 g/mol. The third-order valence-corrected chi connectivity index (χ3v) is 1.98. The molecule has 0 aliphatic heterocycles. The molecule has 0 aliphatic carbocycles. The first-order valence-electron chi connectivity index (χ1n) is 5.70. The van der Waals surface area contributed by atoms with Crippen LogP contribution in [0, 0.1) is 0 Å². The Morgan fingerprint density at radius 1 is 1.71 bits per heavy atom. The van der Waals surface area contributed by atoms with Crippen molar-refractivity contribution in [3.8, 4) is 0 Å². The van der Waals surface area contributed by atoms with Crippen LogP contribution in [-0.2, 0) is 4.79 Å². The molecule has 4 N–H and O–H groups in total. The molecule has 0 fully saturated rings. The molecule has 1 aromatic heterocycles. The van der Waals surface area contributed by atoms with Crippen molar-refractivity contribution in [1.82, 2.24) is 15.3 Å². The molecule has 0 amide bonds. The number of aldehydes is 1. The van der Waals surface area contributed by atoms with E-state index in [1.165, 1.54) is 0 Å². The Morgan fingerprint density at radius 3 is 2.71 bits per heavy atom. The van der Waals surface area contributed by atoms with Crippen LogP contribution in [0.2, 0.25) is 6.82 Å². The van der Waals surface area contributed by atoms with Gasteiger partial charge in [0.05, 0.1) is 6.04 Å². The number of nitrogens with one attached hydrogen (secondary N) is 3. The lowest BCUT2D eigenvalue weighted by Crippen LogP contribution is -2.25. The van der Waals surface area contributed by atoms with Gasteiger partial charge in [0.1, 0.15) is 6.29 Å². The fourth-order valence-corrected chi connectivity index (χ4v) is 1.13. The minimum Gasteiger partial charge on any atom is -0.433 e. The fraction of sp³-hybridized carbons (Fsp3) is 0.600. The summed E-state index contributed by atoms with van der Waals surface area (Å²) in [6, 6.07) is 0.0694. The molecule has 96 valence electrons. The average molecular weight is 240 g/mol. The van der Waals surface area contributed by atoms with Crippen molar-refractivity contribution in [3.05, 3.63) is 12.4 Å². The molecule has 0 bridgehead atoms. The molecule has 1 atom stereocenters. The Labute approximate surface area is 102 Å². The maximum absolute atomic E-state index is 10.1. The Bertz CT molecular complexity index is 280. The highest BCUT2D eigenvalue weighted by Crippen LogP contribution is 1.93. The molecule has 1 heterocycles. The smallest absolute Gasteiger partial charge is 0.409 e. The monoisotopic (exact) mass is 240 g/mol. The van der Waals surface area contributed by atoms with E-state index < -0.39 is 7.05 Å². The van der Waals surface area contributed by atoms with Crippen LogP contribution in [0.3, 0.4) is 0 Å². The number of carbonyl (C=O) groups excluding carboxylic acids is 1. The zero-order chi connectivity index (χ0) is 13.1. The van der Waals surface area contributed by atoms with Gasteiger partial charge in [0.25, 0.3) is 0 Å². The number of carbonyl (C=O) groups is 1. The van der Waals surface area contributed by atoms with Crippen molar-refractivity contribution in [2.45, 2.75) is 32.6 Å². The van der Waals surface area contributed by atoms with Gasteiger partial charge in [-0.25, -0.2) is 4.98 Å². The van der Waals surface area contributed by atoms with Crippen LogP contribution in [0.4, 0.5) is 5.95 Å². The molecule has 1 unspecified atom stereocenters. The molecule has 0 aromatic carbocycles. The molecule has 0 saturated carbocycles. The number of rotatable bonds is 6. The van der Waals surface area contributed by atoms with Crippen molar-refractivity contribution >= 4 is 19.3 Å². The Morgan fingerprint density at radius 2 is 2.41 bits per heavy atom. The minimum atomic E-state index is -0.559. The molecule has 0 radical (unpaired) electrons. The van der Waals surface area contributed by atoms with Crippen molar-refractivity contribution in [1.29, 1.82) is 0 Å². The molecule has 1 rings (SSSR count). The standard InChI is InChI=1S/C6H13NO.C4H8BN3O/c1-3-4-6(5-8)7-2;1-5(9)8-4-6-2-3-7-4/h5-7H,3-4H2,1-2H3;2-3,9H,1H3,(H2,6,7,8). The van der Waals surface area contributed by atoms with E-state index in [9.17, 15) is 4.79 Å².